The third kappa shape index (κ3) is 3.90. The van der Waals surface area contributed by atoms with Crippen molar-refractivity contribution in [2.75, 3.05) is 0 Å². The maximum absolute atomic E-state index is 6.06. The van der Waals surface area contributed by atoms with Crippen molar-refractivity contribution in [3.63, 3.8) is 0 Å². The predicted molar refractivity (Wildman–Crippen MR) is 126 cm³/mol. The summed E-state index contributed by atoms with van der Waals surface area (Å²) in [5.41, 5.74) is 4.28. The fourth-order valence-electron chi connectivity index (χ4n) is 3.14. The minimum atomic E-state index is 0.0520. The smallest absolute Gasteiger partial charge is 0.186 e. The van der Waals surface area contributed by atoms with E-state index in [1.807, 2.05) is 47.1 Å². The molecular formula is C23H17ClN4S2. The maximum atomic E-state index is 6.06. The number of nitrogens with zero attached hydrogens (tertiary/aromatic N) is 4. The standard InChI is InChI=1S/C23H17ClN4S2/c1-15-7-9-17(10-8-15)21-25-26-23-28(21)27-20(16-5-3-2-4-6-16)22(30-23)29-19-13-11-18(24)12-14-19/h2-14,22H,1H3. The maximum Gasteiger partial charge on any atom is 0.213 e. The van der Waals surface area contributed by atoms with Crippen molar-refractivity contribution >= 4 is 40.8 Å². The summed E-state index contributed by atoms with van der Waals surface area (Å²) in [5, 5.41) is 15.4. The Labute approximate surface area is 188 Å². The van der Waals surface area contributed by atoms with Crippen molar-refractivity contribution in [2.45, 2.75) is 21.6 Å². The van der Waals surface area contributed by atoms with Gasteiger partial charge in [-0.05, 0) is 36.8 Å². The zero-order chi connectivity index (χ0) is 20.5. The summed E-state index contributed by atoms with van der Waals surface area (Å²) in [6, 6.07) is 26.4. The Morgan fingerprint density at radius 2 is 1.60 bits per heavy atom. The third-order valence-corrected chi connectivity index (χ3v) is 7.41. The van der Waals surface area contributed by atoms with Gasteiger partial charge in [0.1, 0.15) is 4.58 Å². The van der Waals surface area contributed by atoms with Crippen LogP contribution in [0.3, 0.4) is 0 Å². The number of aryl methyl sites for hydroxylation is 1. The van der Waals surface area contributed by atoms with Crippen LogP contribution in [-0.2, 0) is 0 Å². The zero-order valence-electron chi connectivity index (χ0n) is 16.1. The molecule has 4 nitrogen and oxygen atoms in total. The van der Waals surface area contributed by atoms with Gasteiger partial charge in [0, 0.05) is 15.5 Å². The van der Waals surface area contributed by atoms with Gasteiger partial charge >= 0.3 is 0 Å². The van der Waals surface area contributed by atoms with Crippen molar-refractivity contribution in [1.82, 2.24) is 14.9 Å². The Balaban J connectivity index is 1.57. The number of benzene rings is 3. The molecule has 0 saturated carbocycles. The number of rotatable bonds is 4. The summed E-state index contributed by atoms with van der Waals surface area (Å²) in [6.07, 6.45) is 0. The molecule has 5 rings (SSSR count). The van der Waals surface area contributed by atoms with Crippen LogP contribution in [0.1, 0.15) is 11.1 Å². The molecule has 0 spiro atoms. The second-order valence-electron chi connectivity index (χ2n) is 6.86. The normalized spacial score (nSPS) is 15.5. The average Bonchev–Trinajstić information content (AvgIpc) is 3.19. The number of hydrogen-bond donors (Lipinski definition) is 0. The Morgan fingerprint density at radius 3 is 2.33 bits per heavy atom. The molecule has 0 saturated heterocycles. The second kappa shape index (κ2) is 8.30. The van der Waals surface area contributed by atoms with Gasteiger partial charge in [0.2, 0.25) is 5.16 Å². The molecule has 0 bridgehead atoms. The first-order valence-corrected chi connectivity index (χ1v) is 11.6. The lowest BCUT2D eigenvalue weighted by Gasteiger charge is -2.23. The van der Waals surface area contributed by atoms with Gasteiger partial charge in [0.15, 0.2) is 5.82 Å². The van der Waals surface area contributed by atoms with Crippen LogP contribution < -0.4 is 0 Å². The van der Waals surface area contributed by atoms with Gasteiger partial charge < -0.3 is 0 Å². The Hall–Kier alpha value is -2.54. The van der Waals surface area contributed by atoms with Gasteiger partial charge in [0.25, 0.3) is 0 Å². The molecule has 148 valence electrons. The van der Waals surface area contributed by atoms with Crippen molar-refractivity contribution in [1.29, 1.82) is 0 Å². The molecule has 4 aromatic rings. The molecule has 1 aromatic heterocycles. The lowest BCUT2D eigenvalue weighted by Crippen LogP contribution is -2.22. The molecule has 0 amide bonds. The number of hydrogen-bond acceptors (Lipinski definition) is 5. The lowest BCUT2D eigenvalue weighted by atomic mass is 10.1. The van der Waals surface area contributed by atoms with E-state index >= 15 is 0 Å². The SMILES string of the molecule is Cc1ccc(-c2nnc3n2N=C(c2ccccc2)C(Sc2ccc(Cl)cc2)S3)cc1. The Bertz CT molecular complexity index is 1200. The highest BCUT2D eigenvalue weighted by Crippen LogP contribution is 2.41. The van der Waals surface area contributed by atoms with Crippen LogP contribution in [0.4, 0.5) is 0 Å². The van der Waals surface area contributed by atoms with Gasteiger partial charge in [-0.1, -0.05) is 83.5 Å². The summed E-state index contributed by atoms with van der Waals surface area (Å²) in [7, 11) is 0. The number of fused-ring (bicyclic) bond motifs is 1. The first kappa shape index (κ1) is 19.4. The highest BCUT2D eigenvalue weighted by molar-refractivity contribution is 8.18. The van der Waals surface area contributed by atoms with Crippen molar-refractivity contribution in [3.8, 4) is 11.4 Å². The molecular weight excluding hydrogens is 432 g/mol. The van der Waals surface area contributed by atoms with Crippen LogP contribution in [0.5, 0.6) is 0 Å². The quantitative estimate of drug-likeness (QED) is 0.363. The molecule has 1 aliphatic rings. The molecule has 0 fully saturated rings. The monoisotopic (exact) mass is 448 g/mol. The lowest BCUT2D eigenvalue weighted by molar-refractivity contribution is 0.760. The van der Waals surface area contributed by atoms with Crippen LogP contribution in [0, 0.1) is 6.92 Å². The summed E-state index contributed by atoms with van der Waals surface area (Å²) in [6.45, 7) is 2.07. The highest BCUT2D eigenvalue weighted by Gasteiger charge is 2.30. The fourth-order valence-corrected chi connectivity index (χ4v) is 5.68. The largest absolute Gasteiger partial charge is 0.213 e. The molecule has 7 heteroatoms. The first-order chi connectivity index (χ1) is 14.7. The van der Waals surface area contributed by atoms with Gasteiger partial charge in [-0.25, -0.2) is 0 Å². The first-order valence-electron chi connectivity index (χ1n) is 9.43. The van der Waals surface area contributed by atoms with Crippen molar-refractivity contribution in [3.05, 3.63) is 95.0 Å². The minimum Gasteiger partial charge on any atom is -0.186 e. The van der Waals surface area contributed by atoms with Gasteiger partial charge in [-0.3, -0.25) is 0 Å². The zero-order valence-corrected chi connectivity index (χ0v) is 18.5. The van der Waals surface area contributed by atoms with E-state index in [9.17, 15) is 0 Å². The highest BCUT2D eigenvalue weighted by atomic mass is 35.5. The van der Waals surface area contributed by atoms with Gasteiger partial charge in [-0.2, -0.15) is 9.78 Å². The summed E-state index contributed by atoms with van der Waals surface area (Å²) in [4.78, 5) is 1.13. The van der Waals surface area contributed by atoms with Gasteiger partial charge in [-0.15, -0.1) is 22.0 Å². The molecule has 30 heavy (non-hydrogen) atoms. The Morgan fingerprint density at radius 1 is 0.867 bits per heavy atom. The molecule has 2 heterocycles. The van der Waals surface area contributed by atoms with E-state index in [1.54, 1.807) is 23.5 Å². The summed E-state index contributed by atoms with van der Waals surface area (Å²) >= 11 is 9.46. The molecule has 0 radical (unpaired) electrons. The van der Waals surface area contributed by atoms with Crippen LogP contribution in [0.25, 0.3) is 11.4 Å². The number of thioether (sulfide) groups is 2. The van der Waals surface area contributed by atoms with Crippen molar-refractivity contribution in [2.24, 2.45) is 5.10 Å². The molecule has 1 atom stereocenters. The Kier molecular flexibility index (Phi) is 5.37. The van der Waals surface area contributed by atoms with E-state index in [0.29, 0.717) is 0 Å². The summed E-state index contributed by atoms with van der Waals surface area (Å²) < 4.78 is 1.91. The van der Waals surface area contributed by atoms with Crippen LogP contribution in [0.15, 0.2) is 94.0 Å². The summed E-state index contributed by atoms with van der Waals surface area (Å²) in [5.74, 6) is 0.751. The molecule has 1 unspecified atom stereocenters. The van der Waals surface area contributed by atoms with Crippen LogP contribution in [-0.4, -0.2) is 25.2 Å². The second-order valence-corrected chi connectivity index (χ2v) is 9.84. The molecule has 0 N–H and O–H groups in total. The van der Waals surface area contributed by atoms with Crippen molar-refractivity contribution < 1.29 is 0 Å². The third-order valence-electron chi connectivity index (χ3n) is 4.69. The van der Waals surface area contributed by atoms with E-state index in [4.69, 9.17) is 16.7 Å². The van der Waals surface area contributed by atoms with E-state index in [1.165, 1.54) is 5.56 Å². The van der Waals surface area contributed by atoms with E-state index in [-0.39, 0.29) is 4.58 Å². The van der Waals surface area contributed by atoms with E-state index < -0.39 is 0 Å². The van der Waals surface area contributed by atoms with E-state index in [2.05, 4.69) is 53.5 Å². The molecule has 3 aromatic carbocycles. The number of halogens is 1. The van der Waals surface area contributed by atoms with E-state index in [0.717, 1.165) is 37.7 Å². The predicted octanol–water partition coefficient (Wildman–Crippen LogP) is 6.38. The van der Waals surface area contributed by atoms with Crippen LogP contribution in [0.2, 0.25) is 5.02 Å². The van der Waals surface area contributed by atoms with Crippen LogP contribution >= 0.6 is 35.1 Å². The topological polar surface area (TPSA) is 43.1 Å². The minimum absolute atomic E-state index is 0.0520. The average molecular weight is 449 g/mol. The molecule has 1 aliphatic heterocycles. The molecule has 0 aliphatic carbocycles. The number of aromatic nitrogens is 3. The fraction of sp³-hybridized carbons (Fsp3) is 0.0870. The van der Waals surface area contributed by atoms with Gasteiger partial charge in [0.05, 0.1) is 5.71 Å².